The van der Waals surface area contributed by atoms with Gasteiger partial charge in [0.25, 0.3) is 0 Å². The minimum absolute atomic E-state index is 0.0245. The number of aromatic nitrogens is 2. The third-order valence-corrected chi connectivity index (χ3v) is 6.30. The fourth-order valence-corrected chi connectivity index (χ4v) is 4.45. The van der Waals surface area contributed by atoms with Gasteiger partial charge < -0.3 is 20.5 Å². The van der Waals surface area contributed by atoms with Crippen LogP contribution in [0.15, 0.2) is 28.3 Å². The maximum atomic E-state index is 12.9. The molecule has 1 aromatic carbocycles. The van der Waals surface area contributed by atoms with Gasteiger partial charge in [-0.05, 0) is 19.1 Å². The van der Waals surface area contributed by atoms with Crippen LogP contribution in [-0.2, 0) is 4.74 Å². The summed E-state index contributed by atoms with van der Waals surface area (Å²) in [6.45, 7) is 2.72. The molecule has 3 heterocycles. The van der Waals surface area contributed by atoms with Gasteiger partial charge in [0.2, 0.25) is 0 Å². The zero-order valence-corrected chi connectivity index (χ0v) is 18.9. The van der Waals surface area contributed by atoms with Crippen LogP contribution in [0, 0.1) is 6.92 Å². The summed E-state index contributed by atoms with van der Waals surface area (Å²) in [4.78, 5) is 12.9. The number of rotatable bonds is 6. The molecule has 0 bridgehead atoms. The summed E-state index contributed by atoms with van der Waals surface area (Å²) >= 11 is 6.60. The first-order valence-electron chi connectivity index (χ1n) is 10.6. The predicted molar refractivity (Wildman–Crippen MR) is 124 cm³/mol. The van der Waals surface area contributed by atoms with Crippen LogP contribution in [0.5, 0.6) is 0 Å². The second-order valence-electron chi connectivity index (χ2n) is 7.93. The lowest BCUT2D eigenvalue weighted by Crippen LogP contribution is -2.53. The van der Waals surface area contributed by atoms with Gasteiger partial charge in [-0.25, -0.2) is 9.67 Å². The van der Waals surface area contributed by atoms with Crippen molar-refractivity contribution in [3.8, 4) is 0 Å². The quantitative estimate of drug-likeness (QED) is 0.485. The number of nitrogens with two attached hydrogens (primary N) is 1. The van der Waals surface area contributed by atoms with Crippen molar-refractivity contribution in [1.29, 1.82) is 0 Å². The van der Waals surface area contributed by atoms with Crippen LogP contribution in [-0.4, -0.2) is 83.9 Å². The van der Waals surface area contributed by atoms with Crippen LogP contribution in [0.2, 0.25) is 5.02 Å². The van der Waals surface area contributed by atoms with Gasteiger partial charge in [0, 0.05) is 38.0 Å². The van der Waals surface area contributed by atoms with Gasteiger partial charge >= 0.3 is 6.55 Å². The summed E-state index contributed by atoms with van der Waals surface area (Å²) in [7, 11) is 0. The van der Waals surface area contributed by atoms with Crippen LogP contribution in [0.1, 0.15) is 17.8 Å². The molecule has 1 aromatic heterocycles. The van der Waals surface area contributed by atoms with Gasteiger partial charge in [0.15, 0.2) is 0 Å². The minimum atomic E-state index is -2.73. The first kappa shape index (κ1) is 23.6. The molecule has 0 amide bonds. The topological polar surface area (TPSA) is 104 Å². The zero-order valence-electron chi connectivity index (χ0n) is 18.1. The van der Waals surface area contributed by atoms with E-state index >= 15 is 0 Å². The van der Waals surface area contributed by atoms with Gasteiger partial charge in [-0.1, -0.05) is 11.6 Å². The number of nitrogens with zero attached hydrogens (tertiary/aromatic N) is 6. The number of aliphatic hydroxyl groups is 1. The Morgan fingerprint density at radius 1 is 1.21 bits per heavy atom. The van der Waals surface area contributed by atoms with Gasteiger partial charge in [-0.15, -0.1) is 0 Å². The molecule has 2 aliphatic heterocycles. The van der Waals surface area contributed by atoms with Crippen molar-refractivity contribution in [1.82, 2.24) is 14.7 Å². The summed E-state index contributed by atoms with van der Waals surface area (Å²) < 4.78 is 31.9. The third kappa shape index (κ3) is 5.01. The van der Waals surface area contributed by atoms with Crippen LogP contribution in [0.4, 0.5) is 25.8 Å². The molecule has 2 unspecified atom stereocenters. The number of aliphatic imine (C=N–C) groups is 2. The number of hydrogen-bond acceptors (Lipinski definition) is 7. The molecule has 2 aromatic rings. The van der Waals surface area contributed by atoms with Crippen molar-refractivity contribution in [2.75, 3.05) is 44.3 Å². The number of piperazine rings is 1. The predicted octanol–water partition coefficient (Wildman–Crippen LogP) is 2.49. The second kappa shape index (κ2) is 10.1. The van der Waals surface area contributed by atoms with Crippen molar-refractivity contribution in [2.45, 2.75) is 25.6 Å². The van der Waals surface area contributed by atoms with E-state index in [-0.39, 0.29) is 11.7 Å². The highest BCUT2D eigenvalue weighted by atomic mass is 35.5. The lowest BCUT2D eigenvalue weighted by Gasteiger charge is -2.39. The number of halogens is 3. The highest BCUT2D eigenvalue weighted by Gasteiger charge is 2.33. The Hall–Kier alpha value is -2.60. The standard InChI is InChI=1S/C21H26ClF2N7O2/c1-13-17(9-28-31(13)21(23)24)26-8-14-6-15(22)18(7-16(14)27-12-25)29-2-4-30(5-3-29)19-10-33-11-20(19)32/h6-9,12,19-21,32H,2-5,10-11H2,1H3,(H2,25,27). The second-order valence-corrected chi connectivity index (χ2v) is 8.34. The fraction of sp³-hybridized carbons (Fsp3) is 0.476. The summed E-state index contributed by atoms with van der Waals surface area (Å²) in [5, 5.41) is 14.3. The Kier molecular flexibility index (Phi) is 7.23. The Labute approximate surface area is 195 Å². The monoisotopic (exact) mass is 481 g/mol. The minimum Gasteiger partial charge on any atom is -0.390 e. The normalized spacial score (nSPS) is 22.4. The van der Waals surface area contributed by atoms with E-state index in [1.165, 1.54) is 25.7 Å². The summed E-state index contributed by atoms with van der Waals surface area (Å²) in [6.07, 6.45) is 3.52. The van der Waals surface area contributed by atoms with E-state index in [0.29, 0.717) is 39.9 Å². The van der Waals surface area contributed by atoms with Crippen molar-refractivity contribution in [3.63, 3.8) is 0 Å². The van der Waals surface area contributed by atoms with Crippen LogP contribution in [0.3, 0.4) is 0 Å². The number of benzene rings is 1. The summed E-state index contributed by atoms with van der Waals surface area (Å²) in [6, 6.07) is 3.60. The van der Waals surface area contributed by atoms with Crippen molar-refractivity contribution >= 4 is 41.2 Å². The van der Waals surface area contributed by atoms with Crippen LogP contribution in [0.25, 0.3) is 0 Å². The molecule has 0 saturated carbocycles. The molecule has 2 fully saturated rings. The number of ether oxygens (including phenoxy) is 1. The maximum absolute atomic E-state index is 12.9. The molecule has 2 atom stereocenters. The number of anilines is 1. The van der Waals surface area contributed by atoms with E-state index in [4.69, 9.17) is 22.1 Å². The summed E-state index contributed by atoms with van der Waals surface area (Å²) in [5.74, 6) is 0. The number of alkyl halides is 2. The summed E-state index contributed by atoms with van der Waals surface area (Å²) in [5.41, 5.74) is 8.10. The van der Waals surface area contributed by atoms with E-state index in [9.17, 15) is 13.9 Å². The van der Waals surface area contributed by atoms with E-state index in [0.717, 1.165) is 31.9 Å². The van der Waals surface area contributed by atoms with E-state index in [2.05, 4.69) is 24.9 Å². The molecule has 2 aliphatic rings. The molecule has 0 aliphatic carbocycles. The van der Waals surface area contributed by atoms with Crippen LogP contribution < -0.4 is 10.6 Å². The average molecular weight is 482 g/mol. The van der Waals surface area contributed by atoms with E-state index in [1.807, 2.05) is 6.07 Å². The average Bonchev–Trinajstić information content (AvgIpc) is 3.39. The lowest BCUT2D eigenvalue weighted by molar-refractivity contribution is 0.0545. The fourth-order valence-electron chi connectivity index (χ4n) is 4.16. The smallest absolute Gasteiger partial charge is 0.333 e. The largest absolute Gasteiger partial charge is 0.390 e. The van der Waals surface area contributed by atoms with Crippen LogP contribution >= 0.6 is 11.6 Å². The molecule has 0 spiro atoms. The zero-order chi connectivity index (χ0) is 23.5. The highest BCUT2D eigenvalue weighted by Crippen LogP contribution is 2.34. The van der Waals surface area contributed by atoms with Gasteiger partial charge in [0.05, 0.1) is 60.0 Å². The van der Waals surface area contributed by atoms with Gasteiger partial charge in [0.1, 0.15) is 5.69 Å². The molecule has 12 heteroatoms. The molecule has 4 rings (SSSR count). The van der Waals surface area contributed by atoms with Crippen molar-refractivity contribution in [3.05, 3.63) is 34.6 Å². The number of hydrogen-bond donors (Lipinski definition) is 2. The molecular weight excluding hydrogens is 456 g/mol. The highest BCUT2D eigenvalue weighted by molar-refractivity contribution is 6.33. The third-order valence-electron chi connectivity index (χ3n) is 6.00. The molecule has 2 saturated heterocycles. The van der Waals surface area contributed by atoms with Crippen molar-refractivity contribution < 1.29 is 18.6 Å². The molecule has 33 heavy (non-hydrogen) atoms. The first-order valence-corrected chi connectivity index (χ1v) is 11.0. The SMILES string of the molecule is Cc1c(N=Cc2cc(Cl)c(N3CCN(C4COCC4O)CC3)cc2N=CN)cnn1C(F)F. The Morgan fingerprint density at radius 3 is 2.58 bits per heavy atom. The molecule has 9 nitrogen and oxygen atoms in total. The Balaban J connectivity index is 1.53. The first-order chi connectivity index (χ1) is 15.9. The maximum Gasteiger partial charge on any atom is 0.333 e. The van der Waals surface area contributed by atoms with Gasteiger partial charge in [-0.2, -0.15) is 13.9 Å². The number of aliphatic hydroxyl groups excluding tert-OH is 1. The Bertz CT molecular complexity index is 1040. The molecule has 0 radical (unpaired) electrons. The van der Waals surface area contributed by atoms with Crippen molar-refractivity contribution in [2.24, 2.45) is 15.7 Å². The van der Waals surface area contributed by atoms with E-state index in [1.54, 1.807) is 6.07 Å². The van der Waals surface area contributed by atoms with Gasteiger partial charge in [-0.3, -0.25) is 9.89 Å². The Morgan fingerprint density at radius 2 is 1.97 bits per heavy atom. The molecule has 3 N–H and O–H groups in total. The van der Waals surface area contributed by atoms with E-state index < -0.39 is 12.7 Å². The molecule has 178 valence electrons. The molecular formula is C21H26ClF2N7O2. The lowest BCUT2D eigenvalue weighted by atomic mass is 10.1.